The van der Waals surface area contributed by atoms with Crippen molar-refractivity contribution in [2.24, 2.45) is 9.98 Å². The molecular weight excluding hydrogens is 652 g/mol. The summed E-state index contributed by atoms with van der Waals surface area (Å²) in [7, 11) is 0. The molecule has 5 heteroatoms. The lowest BCUT2D eigenvalue weighted by atomic mass is 9.78. The molecule has 0 unspecified atom stereocenters. The molecule has 2 heterocycles. The molecule has 5 aromatic rings. The molecule has 4 nitrogen and oxygen atoms in total. The zero-order valence-electron chi connectivity index (χ0n) is 29.4. The summed E-state index contributed by atoms with van der Waals surface area (Å²) in [6, 6.07) is 30.2. The summed E-state index contributed by atoms with van der Waals surface area (Å²) in [6.45, 7) is 18.1. The highest BCUT2D eigenvalue weighted by atomic mass is 79.9. The first kappa shape index (κ1) is 35.1. The number of hydrogen-bond donors (Lipinski definition) is 0. The largest absolute Gasteiger partial charge is 0.255 e. The number of aromatic nitrogens is 2. The van der Waals surface area contributed by atoms with Crippen molar-refractivity contribution in [2.45, 2.75) is 85.0 Å². The lowest BCUT2D eigenvalue weighted by molar-refractivity contribution is 0.812. The molecule has 48 heavy (non-hydrogen) atoms. The maximum absolute atomic E-state index is 5.09. The second-order valence-electron chi connectivity index (χ2n) is 13.7. The van der Waals surface area contributed by atoms with Crippen LogP contribution in [0.25, 0.3) is 0 Å². The van der Waals surface area contributed by atoms with E-state index >= 15 is 0 Å². The van der Waals surface area contributed by atoms with E-state index in [1.54, 1.807) is 0 Å². The molecule has 0 saturated heterocycles. The standard InChI is InChI=1S/C43H47BrN4/c1-27(2)37-21-32(22-38(28(3)4)42(37)47-25-35-13-9-11-19-45-35)41(31-15-17-34(44)18-16-31)33-23-39(29(5)6)43(40(24-33)30(7)8)48-26-36-14-10-12-20-46-36/h9-30,41H,1-8H3. The molecule has 2 aromatic heterocycles. The molecule has 0 atom stereocenters. The Hall–Kier alpha value is -4.22. The highest BCUT2D eigenvalue weighted by Gasteiger charge is 2.25. The van der Waals surface area contributed by atoms with Gasteiger partial charge in [0, 0.05) is 22.8 Å². The van der Waals surface area contributed by atoms with Crippen LogP contribution in [0.5, 0.6) is 0 Å². The second-order valence-corrected chi connectivity index (χ2v) is 14.6. The van der Waals surface area contributed by atoms with Crippen LogP contribution in [0.4, 0.5) is 11.4 Å². The normalized spacial score (nSPS) is 12.8. The minimum Gasteiger partial charge on any atom is -0.255 e. The molecule has 0 radical (unpaired) electrons. The van der Waals surface area contributed by atoms with Gasteiger partial charge in [0.05, 0.1) is 35.2 Å². The van der Waals surface area contributed by atoms with Gasteiger partial charge in [-0.05, 0) is 99.0 Å². The van der Waals surface area contributed by atoms with Crippen LogP contribution in [-0.2, 0) is 0 Å². The van der Waals surface area contributed by atoms with Crippen LogP contribution in [0, 0.1) is 0 Å². The van der Waals surface area contributed by atoms with Crippen LogP contribution in [0.15, 0.2) is 112 Å². The number of pyridine rings is 2. The molecule has 246 valence electrons. The van der Waals surface area contributed by atoms with Gasteiger partial charge in [0.25, 0.3) is 0 Å². The van der Waals surface area contributed by atoms with E-state index in [2.05, 4.69) is 130 Å². The highest BCUT2D eigenvalue weighted by molar-refractivity contribution is 9.10. The Kier molecular flexibility index (Phi) is 11.5. The quantitative estimate of drug-likeness (QED) is 0.102. The van der Waals surface area contributed by atoms with Crippen LogP contribution in [0.3, 0.4) is 0 Å². The summed E-state index contributed by atoms with van der Waals surface area (Å²) in [6.07, 6.45) is 7.41. The topological polar surface area (TPSA) is 50.5 Å². The number of nitrogens with zero attached hydrogens (tertiary/aromatic N) is 4. The second kappa shape index (κ2) is 15.8. The van der Waals surface area contributed by atoms with Crippen molar-refractivity contribution in [3.05, 3.63) is 152 Å². The van der Waals surface area contributed by atoms with Gasteiger partial charge in [0.2, 0.25) is 0 Å². The average molecular weight is 700 g/mol. The van der Waals surface area contributed by atoms with E-state index in [-0.39, 0.29) is 29.6 Å². The molecule has 0 aliphatic heterocycles. The molecule has 0 bridgehead atoms. The zero-order valence-corrected chi connectivity index (χ0v) is 31.0. The summed E-state index contributed by atoms with van der Waals surface area (Å²) in [5, 5.41) is 0. The third kappa shape index (κ3) is 8.25. The first-order valence-corrected chi connectivity index (χ1v) is 17.8. The third-order valence-electron chi connectivity index (χ3n) is 8.77. The van der Waals surface area contributed by atoms with Crippen molar-refractivity contribution in [2.75, 3.05) is 0 Å². The molecule has 0 aliphatic rings. The average Bonchev–Trinajstić information content (AvgIpc) is 3.07. The van der Waals surface area contributed by atoms with Gasteiger partial charge in [-0.3, -0.25) is 20.0 Å². The molecular formula is C43H47BrN4. The summed E-state index contributed by atoms with van der Waals surface area (Å²) < 4.78 is 1.07. The summed E-state index contributed by atoms with van der Waals surface area (Å²) in [5.74, 6) is 1.15. The SMILES string of the molecule is CC(C)c1cc(C(c2ccc(Br)cc2)c2cc(C(C)C)c(N=Cc3ccccn3)c(C(C)C)c2)cc(C(C)C)c1N=Cc1ccccn1. The van der Waals surface area contributed by atoms with Gasteiger partial charge in [-0.15, -0.1) is 0 Å². The number of hydrogen-bond acceptors (Lipinski definition) is 4. The van der Waals surface area contributed by atoms with Crippen molar-refractivity contribution in [3.8, 4) is 0 Å². The molecule has 3 aromatic carbocycles. The number of halogens is 1. The Bertz CT molecular complexity index is 1700. The Morgan fingerprint density at radius 3 is 1.19 bits per heavy atom. The molecule has 0 spiro atoms. The molecule has 0 N–H and O–H groups in total. The molecule has 0 aliphatic carbocycles. The maximum Gasteiger partial charge on any atom is 0.0812 e. The summed E-state index contributed by atoms with van der Waals surface area (Å²) in [5.41, 5.74) is 12.6. The predicted molar refractivity (Wildman–Crippen MR) is 207 cm³/mol. The van der Waals surface area contributed by atoms with E-state index in [0.717, 1.165) is 27.2 Å². The zero-order chi connectivity index (χ0) is 34.4. The van der Waals surface area contributed by atoms with E-state index in [4.69, 9.17) is 9.98 Å². The van der Waals surface area contributed by atoms with Gasteiger partial charge in [-0.1, -0.05) is 120 Å². The highest BCUT2D eigenvalue weighted by Crippen LogP contribution is 2.44. The number of aliphatic imine (C=N–C) groups is 2. The van der Waals surface area contributed by atoms with Crippen molar-refractivity contribution < 1.29 is 0 Å². The van der Waals surface area contributed by atoms with Gasteiger partial charge in [0.1, 0.15) is 0 Å². The van der Waals surface area contributed by atoms with E-state index in [1.807, 2.05) is 61.2 Å². The molecule has 0 saturated carbocycles. The fourth-order valence-electron chi connectivity index (χ4n) is 6.20. The van der Waals surface area contributed by atoms with Crippen LogP contribution >= 0.6 is 15.9 Å². The minimum absolute atomic E-state index is 0.0192. The lowest BCUT2D eigenvalue weighted by Crippen LogP contribution is -2.09. The predicted octanol–water partition coefficient (Wildman–Crippen LogP) is 12.4. The monoisotopic (exact) mass is 698 g/mol. The van der Waals surface area contributed by atoms with Crippen molar-refractivity contribution in [1.82, 2.24) is 9.97 Å². The molecule has 0 amide bonds. The van der Waals surface area contributed by atoms with E-state index in [1.165, 1.54) is 38.9 Å². The van der Waals surface area contributed by atoms with E-state index < -0.39 is 0 Å². The van der Waals surface area contributed by atoms with Crippen molar-refractivity contribution in [3.63, 3.8) is 0 Å². The lowest BCUT2D eigenvalue weighted by Gasteiger charge is -2.27. The number of rotatable bonds is 11. The van der Waals surface area contributed by atoms with Crippen molar-refractivity contribution >= 4 is 39.7 Å². The van der Waals surface area contributed by atoms with Crippen LogP contribution in [-0.4, -0.2) is 22.4 Å². The third-order valence-corrected chi connectivity index (χ3v) is 9.30. The summed E-state index contributed by atoms with van der Waals surface area (Å²) >= 11 is 3.68. The summed E-state index contributed by atoms with van der Waals surface area (Å²) in [4.78, 5) is 19.2. The van der Waals surface area contributed by atoms with E-state index in [9.17, 15) is 0 Å². The van der Waals surface area contributed by atoms with Crippen LogP contribution in [0.1, 0.15) is 135 Å². The van der Waals surface area contributed by atoms with Crippen molar-refractivity contribution in [1.29, 1.82) is 0 Å². The minimum atomic E-state index is 0.0192. The van der Waals surface area contributed by atoms with Gasteiger partial charge >= 0.3 is 0 Å². The maximum atomic E-state index is 5.09. The van der Waals surface area contributed by atoms with Crippen LogP contribution < -0.4 is 0 Å². The van der Waals surface area contributed by atoms with Gasteiger partial charge < -0.3 is 0 Å². The Morgan fingerprint density at radius 2 is 0.875 bits per heavy atom. The smallest absolute Gasteiger partial charge is 0.0812 e. The van der Waals surface area contributed by atoms with E-state index in [0.29, 0.717) is 0 Å². The molecule has 5 rings (SSSR count). The Balaban J connectivity index is 1.75. The van der Waals surface area contributed by atoms with Crippen LogP contribution in [0.2, 0.25) is 0 Å². The Morgan fingerprint density at radius 1 is 0.500 bits per heavy atom. The number of benzene rings is 3. The fraction of sp³-hybridized carbons (Fsp3) is 0.302. The first-order chi connectivity index (χ1) is 23.0. The fourth-order valence-corrected chi connectivity index (χ4v) is 6.46. The van der Waals surface area contributed by atoms with Gasteiger partial charge in [0.15, 0.2) is 0 Å². The molecule has 0 fully saturated rings. The van der Waals surface area contributed by atoms with Gasteiger partial charge in [-0.25, -0.2) is 0 Å². The Labute approximate surface area is 295 Å². The first-order valence-electron chi connectivity index (χ1n) is 17.0. The van der Waals surface area contributed by atoms with Gasteiger partial charge in [-0.2, -0.15) is 0 Å².